The van der Waals surface area contributed by atoms with Gasteiger partial charge in [0.1, 0.15) is 6.10 Å². The molecule has 1 aromatic carbocycles. The van der Waals surface area contributed by atoms with Gasteiger partial charge in [-0.15, -0.1) is 0 Å². The van der Waals surface area contributed by atoms with Gasteiger partial charge in [-0.1, -0.05) is 31.5 Å². The molecule has 3 heteroatoms. The van der Waals surface area contributed by atoms with Crippen molar-refractivity contribution >= 4 is 5.97 Å². The lowest BCUT2D eigenvalue weighted by Crippen LogP contribution is -2.28. The van der Waals surface area contributed by atoms with Gasteiger partial charge in [0.25, 0.3) is 0 Å². The fraction of sp³-hybridized carbons (Fsp3) is 0.417. The van der Waals surface area contributed by atoms with Gasteiger partial charge in [0.15, 0.2) is 0 Å². The van der Waals surface area contributed by atoms with E-state index in [1.54, 1.807) is 6.07 Å². The van der Waals surface area contributed by atoms with Gasteiger partial charge in [-0.2, -0.15) is 0 Å². The number of hydrogen-bond donors (Lipinski definition) is 1. The number of fused-ring (bicyclic) bond motifs is 1. The molecule has 1 heterocycles. The van der Waals surface area contributed by atoms with Gasteiger partial charge in [-0.25, -0.2) is 4.79 Å². The Morgan fingerprint density at radius 2 is 2.20 bits per heavy atom. The van der Waals surface area contributed by atoms with Crippen molar-refractivity contribution in [3.8, 4) is 0 Å². The van der Waals surface area contributed by atoms with E-state index < -0.39 is 0 Å². The summed E-state index contributed by atoms with van der Waals surface area (Å²) in [6.45, 7) is 2.07. The molecule has 1 aliphatic heterocycles. The average molecular weight is 205 g/mol. The molecule has 2 rings (SSSR count). The molecule has 3 nitrogen and oxygen atoms in total. The topological polar surface area (TPSA) is 52.3 Å². The first-order valence-electron chi connectivity index (χ1n) is 5.29. The number of ether oxygens (including phenoxy) is 1. The largest absolute Gasteiger partial charge is 0.452 e. The second-order valence-corrected chi connectivity index (χ2v) is 3.87. The first-order chi connectivity index (χ1) is 7.24. The minimum absolute atomic E-state index is 0.0948. The molecule has 0 bridgehead atoms. The number of cyclic esters (lactones) is 1. The third-order valence-electron chi connectivity index (χ3n) is 2.73. The number of hydrogen-bond acceptors (Lipinski definition) is 3. The van der Waals surface area contributed by atoms with Crippen molar-refractivity contribution in [2.24, 2.45) is 5.73 Å². The van der Waals surface area contributed by atoms with E-state index in [0.29, 0.717) is 5.56 Å². The van der Waals surface area contributed by atoms with Crippen LogP contribution in [0.25, 0.3) is 0 Å². The molecule has 0 aromatic heterocycles. The fourth-order valence-electron chi connectivity index (χ4n) is 1.98. The molecular formula is C12H15NO2. The van der Waals surface area contributed by atoms with E-state index >= 15 is 0 Å². The molecule has 80 valence electrons. The van der Waals surface area contributed by atoms with Crippen molar-refractivity contribution in [3.63, 3.8) is 0 Å². The van der Waals surface area contributed by atoms with Crippen molar-refractivity contribution in [2.75, 3.05) is 0 Å². The molecule has 0 amide bonds. The van der Waals surface area contributed by atoms with E-state index in [0.717, 1.165) is 18.4 Å². The number of esters is 1. The maximum Gasteiger partial charge on any atom is 0.339 e. The summed E-state index contributed by atoms with van der Waals surface area (Å²) < 4.78 is 5.28. The summed E-state index contributed by atoms with van der Waals surface area (Å²) in [6, 6.07) is 7.36. The summed E-state index contributed by atoms with van der Waals surface area (Å²) in [5.41, 5.74) is 7.58. The van der Waals surface area contributed by atoms with Crippen molar-refractivity contribution < 1.29 is 9.53 Å². The van der Waals surface area contributed by atoms with Crippen molar-refractivity contribution in [1.29, 1.82) is 0 Å². The summed E-state index contributed by atoms with van der Waals surface area (Å²) in [7, 11) is 0. The van der Waals surface area contributed by atoms with Crippen LogP contribution in [0.5, 0.6) is 0 Å². The van der Waals surface area contributed by atoms with Crippen LogP contribution >= 0.6 is 0 Å². The second-order valence-electron chi connectivity index (χ2n) is 3.87. The Labute approximate surface area is 89.2 Å². The number of carbonyl (C=O) groups excluding carboxylic acids is 1. The molecular weight excluding hydrogens is 190 g/mol. The van der Waals surface area contributed by atoms with E-state index in [1.165, 1.54) is 0 Å². The third-order valence-corrected chi connectivity index (χ3v) is 2.73. The highest BCUT2D eigenvalue weighted by molar-refractivity contribution is 5.94. The summed E-state index contributed by atoms with van der Waals surface area (Å²) in [5, 5.41) is 0. The van der Waals surface area contributed by atoms with Crippen molar-refractivity contribution in [2.45, 2.75) is 31.9 Å². The maximum absolute atomic E-state index is 11.5. The van der Waals surface area contributed by atoms with Gasteiger partial charge in [0.05, 0.1) is 5.56 Å². The average Bonchev–Trinajstić information content (AvgIpc) is 2.58. The highest BCUT2D eigenvalue weighted by Gasteiger charge is 2.34. The molecule has 15 heavy (non-hydrogen) atoms. The molecule has 1 aromatic rings. The molecule has 0 saturated heterocycles. The Bertz CT molecular complexity index is 376. The van der Waals surface area contributed by atoms with Crippen molar-refractivity contribution in [3.05, 3.63) is 35.4 Å². The van der Waals surface area contributed by atoms with Crippen LogP contribution in [0.15, 0.2) is 24.3 Å². The third kappa shape index (κ3) is 1.75. The first-order valence-corrected chi connectivity index (χ1v) is 5.29. The number of benzene rings is 1. The Morgan fingerprint density at radius 3 is 2.93 bits per heavy atom. The predicted molar refractivity (Wildman–Crippen MR) is 57.5 cm³/mol. The molecule has 0 radical (unpaired) electrons. The maximum atomic E-state index is 11.5. The zero-order valence-corrected chi connectivity index (χ0v) is 8.77. The lowest BCUT2D eigenvalue weighted by molar-refractivity contribution is 0.0321. The monoisotopic (exact) mass is 205 g/mol. The predicted octanol–water partition coefficient (Wildman–Crippen LogP) is 2.03. The Kier molecular flexibility index (Phi) is 2.73. The lowest BCUT2D eigenvalue weighted by Gasteiger charge is -2.18. The highest BCUT2D eigenvalue weighted by Crippen LogP contribution is 2.33. The molecule has 2 atom stereocenters. The van der Waals surface area contributed by atoms with E-state index in [2.05, 4.69) is 6.92 Å². The summed E-state index contributed by atoms with van der Waals surface area (Å²) in [4.78, 5) is 11.5. The van der Waals surface area contributed by atoms with Crippen LogP contribution in [0.1, 0.15) is 41.8 Å². The fourth-order valence-corrected chi connectivity index (χ4v) is 1.98. The molecule has 2 unspecified atom stereocenters. The van der Waals surface area contributed by atoms with Gasteiger partial charge in [0, 0.05) is 11.6 Å². The van der Waals surface area contributed by atoms with E-state index in [1.807, 2.05) is 18.2 Å². The summed E-state index contributed by atoms with van der Waals surface area (Å²) >= 11 is 0. The molecule has 0 saturated carbocycles. The number of carbonyl (C=O) groups is 1. The quantitative estimate of drug-likeness (QED) is 0.768. The van der Waals surface area contributed by atoms with Crippen LogP contribution in [0.4, 0.5) is 0 Å². The highest BCUT2D eigenvalue weighted by atomic mass is 16.5. The zero-order valence-electron chi connectivity index (χ0n) is 8.77. The Hall–Kier alpha value is -1.35. The van der Waals surface area contributed by atoms with Gasteiger partial charge >= 0.3 is 5.97 Å². The minimum Gasteiger partial charge on any atom is -0.452 e. The normalized spacial score (nSPS) is 20.9. The second kappa shape index (κ2) is 4.03. The van der Waals surface area contributed by atoms with E-state index in [-0.39, 0.29) is 18.1 Å². The SMILES string of the molecule is CCCC(N)C1OC(=O)c2ccccc21. The van der Waals surface area contributed by atoms with Gasteiger partial charge in [-0.3, -0.25) is 0 Å². The van der Waals surface area contributed by atoms with Crippen LogP contribution in [0, 0.1) is 0 Å². The molecule has 2 N–H and O–H groups in total. The van der Waals surface area contributed by atoms with Crippen LogP contribution in [0.3, 0.4) is 0 Å². The van der Waals surface area contributed by atoms with Gasteiger partial charge in [-0.05, 0) is 12.5 Å². The van der Waals surface area contributed by atoms with Gasteiger partial charge < -0.3 is 10.5 Å². The number of rotatable bonds is 3. The summed E-state index contributed by atoms with van der Waals surface area (Å²) in [5.74, 6) is -0.248. The zero-order chi connectivity index (χ0) is 10.8. The Morgan fingerprint density at radius 1 is 1.47 bits per heavy atom. The number of nitrogens with two attached hydrogens (primary N) is 1. The minimum atomic E-state index is -0.256. The van der Waals surface area contributed by atoms with Crippen LogP contribution < -0.4 is 5.73 Å². The van der Waals surface area contributed by atoms with E-state index in [9.17, 15) is 4.79 Å². The molecule has 0 fully saturated rings. The molecule has 0 aliphatic carbocycles. The first kappa shape index (κ1) is 10.2. The summed E-state index contributed by atoms with van der Waals surface area (Å²) in [6.07, 6.45) is 1.61. The standard InChI is InChI=1S/C12H15NO2/c1-2-5-10(13)11-8-6-3-4-7-9(8)12(14)15-11/h3-4,6-7,10-11H,2,5,13H2,1H3. The molecule has 0 spiro atoms. The van der Waals surface area contributed by atoms with Crippen LogP contribution in [-0.2, 0) is 4.74 Å². The lowest BCUT2D eigenvalue weighted by atomic mass is 9.98. The van der Waals surface area contributed by atoms with E-state index in [4.69, 9.17) is 10.5 Å². The van der Waals surface area contributed by atoms with Crippen LogP contribution in [0.2, 0.25) is 0 Å². The smallest absolute Gasteiger partial charge is 0.339 e. The van der Waals surface area contributed by atoms with Crippen LogP contribution in [-0.4, -0.2) is 12.0 Å². The van der Waals surface area contributed by atoms with Gasteiger partial charge in [0.2, 0.25) is 0 Å². The van der Waals surface area contributed by atoms with Crippen molar-refractivity contribution in [1.82, 2.24) is 0 Å². The molecule has 1 aliphatic rings. The Balaban J connectivity index is 2.28.